The van der Waals surface area contributed by atoms with Crippen LogP contribution in [0.3, 0.4) is 0 Å². The molecule has 0 fully saturated rings. The van der Waals surface area contributed by atoms with Gasteiger partial charge in [-0.05, 0) is 47.2 Å². The highest BCUT2D eigenvalue weighted by Crippen LogP contribution is 2.28. The van der Waals surface area contributed by atoms with Gasteiger partial charge in [0.15, 0.2) is 0 Å². The van der Waals surface area contributed by atoms with Gasteiger partial charge >= 0.3 is 0 Å². The zero-order valence-electron chi connectivity index (χ0n) is 24.6. The first kappa shape index (κ1) is 28.8. The minimum Gasteiger partial charge on any atom is -0.340 e. The second kappa shape index (κ2) is 11.5. The van der Waals surface area contributed by atoms with E-state index in [0.717, 1.165) is 28.1 Å². The molecular weight excluding hydrogens is 496 g/mol. The van der Waals surface area contributed by atoms with E-state index in [1.165, 1.54) is 0 Å². The lowest BCUT2D eigenvalue weighted by atomic mass is 9.86. The fourth-order valence-electron chi connectivity index (χ4n) is 4.46. The van der Waals surface area contributed by atoms with Crippen LogP contribution in [0.2, 0.25) is 0 Å². The molecule has 3 aromatic carbocycles. The highest BCUT2D eigenvalue weighted by atomic mass is 16.2. The maximum Gasteiger partial charge on any atom is 0.251 e. The van der Waals surface area contributed by atoms with Gasteiger partial charge in [0.25, 0.3) is 5.91 Å². The van der Waals surface area contributed by atoms with Crippen LogP contribution in [0.5, 0.6) is 0 Å². The van der Waals surface area contributed by atoms with Crippen molar-refractivity contribution < 1.29 is 9.59 Å². The topological polar surface area (TPSA) is 76.0 Å². The zero-order chi connectivity index (χ0) is 29.1. The van der Waals surface area contributed by atoms with Crippen LogP contribution >= 0.6 is 0 Å². The maximum atomic E-state index is 13.8. The van der Waals surface area contributed by atoms with Gasteiger partial charge in [0, 0.05) is 23.5 Å². The number of hydrogen-bond donors (Lipinski definition) is 2. The van der Waals surface area contributed by atoms with Crippen molar-refractivity contribution in [1.29, 1.82) is 0 Å². The van der Waals surface area contributed by atoms with Crippen molar-refractivity contribution in [2.75, 3.05) is 5.32 Å². The van der Waals surface area contributed by atoms with E-state index in [9.17, 15) is 9.59 Å². The van der Waals surface area contributed by atoms with E-state index in [4.69, 9.17) is 5.10 Å². The Kier molecular flexibility index (Phi) is 8.29. The molecule has 0 aliphatic heterocycles. The van der Waals surface area contributed by atoms with Crippen molar-refractivity contribution in [1.82, 2.24) is 15.1 Å². The average Bonchev–Trinajstić information content (AvgIpc) is 3.33. The number of anilines is 1. The number of carbonyl (C=O) groups excluding carboxylic acids is 2. The Labute approximate surface area is 237 Å². The van der Waals surface area contributed by atoms with Crippen LogP contribution in [0, 0.1) is 6.92 Å². The lowest BCUT2D eigenvalue weighted by Gasteiger charge is -2.21. The molecule has 0 aliphatic rings. The van der Waals surface area contributed by atoms with Gasteiger partial charge in [-0.15, -0.1) is 0 Å². The molecule has 6 heteroatoms. The van der Waals surface area contributed by atoms with E-state index in [2.05, 4.69) is 52.2 Å². The van der Waals surface area contributed by atoms with Crippen molar-refractivity contribution in [3.8, 4) is 5.69 Å². The minimum atomic E-state index is -0.796. The number of para-hydroxylation sites is 1. The van der Waals surface area contributed by atoms with E-state index in [0.29, 0.717) is 17.8 Å². The zero-order valence-corrected chi connectivity index (χ0v) is 24.6. The van der Waals surface area contributed by atoms with Crippen LogP contribution in [0.15, 0.2) is 84.9 Å². The molecule has 2 amide bonds. The highest BCUT2D eigenvalue weighted by Gasteiger charge is 2.26. The molecule has 1 atom stereocenters. The Hall–Kier alpha value is -4.19. The molecule has 40 heavy (non-hydrogen) atoms. The first-order valence-electron chi connectivity index (χ1n) is 13.8. The summed E-state index contributed by atoms with van der Waals surface area (Å²) in [6.45, 7) is 14.7. The molecule has 208 valence electrons. The first-order chi connectivity index (χ1) is 18.8. The number of carbonyl (C=O) groups is 2. The summed E-state index contributed by atoms with van der Waals surface area (Å²) in [4.78, 5) is 27.2. The number of aryl methyl sites for hydroxylation is 1. The summed E-state index contributed by atoms with van der Waals surface area (Å²) < 4.78 is 1.78. The van der Waals surface area contributed by atoms with Crippen LogP contribution in [-0.4, -0.2) is 27.6 Å². The Morgan fingerprint density at radius 2 is 1.45 bits per heavy atom. The fraction of sp³-hybridized carbons (Fsp3) is 0.324. The first-order valence-corrected chi connectivity index (χ1v) is 13.8. The molecule has 0 radical (unpaired) electrons. The molecule has 0 saturated heterocycles. The van der Waals surface area contributed by atoms with E-state index in [-0.39, 0.29) is 22.6 Å². The second-order valence-electron chi connectivity index (χ2n) is 12.4. The predicted molar refractivity (Wildman–Crippen MR) is 162 cm³/mol. The van der Waals surface area contributed by atoms with Crippen LogP contribution in [0.25, 0.3) is 5.69 Å². The molecule has 6 nitrogen and oxygen atoms in total. The van der Waals surface area contributed by atoms with Crippen LogP contribution in [-0.2, 0) is 22.0 Å². The number of amides is 2. The summed E-state index contributed by atoms with van der Waals surface area (Å²) in [5, 5.41) is 10.9. The van der Waals surface area contributed by atoms with E-state index in [1.807, 2.05) is 91.9 Å². The summed E-state index contributed by atoms with van der Waals surface area (Å²) >= 11 is 0. The van der Waals surface area contributed by atoms with Crippen molar-refractivity contribution in [3.05, 3.63) is 113 Å². The third-order valence-corrected chi connectivity index (χ3v) is 6.99. The lowest BCUT2D eigenvalue weighted by molar-refractivity contribution is -0.118. The largest absolute Gasteiger partial charge is 0.340 e. The monoisotopic (exact) mass is 536 g/mol. The highest BCUT2D eigenvalue weighted by molar-refractivity contribution is 6.01. The van der Waals surface area contributed by atoms with Gasteiger partial charge in [0.05, 0.1) is 11.4 Å². The normalized spacial score (nSPS) is 12.6. The van der Waals surface area contributed by atoms with Crippen molar-refractivity contribution in [2.45, 2.75) is 71.8 Å². The Morgan fingerprint density at radius 1 is 0.825 bits per heavy atom. The Balaban J connectivity index is 1.65. The van der Waals surface area contributed by atoms with E-state index in [1.54, 1.807) is 4.68 Å². The second-order valence-corrected chi connectivity index (χ2v) is 12.4. The number of rotatable bonds is 7. The average molecular weight is 537 g/mol. The van der Waals surface area contributed by atoms with Crippen LogP contribution < -0.4 is 10.6 Å². The number of hydrogen-bond acceptors (Lipinski definition) is 3. The molecule has 1 unspecified atom stereocenters. The molecule has 0 aliphatic carbocycles. The smallest absolute Gasteiger partial charge is 0.251 e. The summed E-state index contributed by atoms with van der Waals surface area (Å²) in [6, 6.07) is 26.3. The third kappa shape index (κ3) is 6.87. The van der Waals surface area contributed by atoms with Gasteiger partial charge in [-0.3, -0.25) is 9.59 Å². The Morgan fingerprint density at radius 3 is 2.05 bits per heavy atom. The maximum absolute atomic E-state index is 13.8. The standard InChI is InChI=1S/C34H40N4O2/c1-23-13-11-12-16-28(23)38-30(22-29(37-38)34(5,6)7)36-32(40)27(21-24-14-9-8-10-15-24)35-31(39)25-17-19-26(20-18-25)33(2,3)4/h8-20,22,27H,21H2,1-7H3,(H,35,39)(H,36,40). The lowest BCUT2D eigenvalue weighted by Crippen LogP contribution is -2.45. The molecule has 2 N–H and O–H groups in total. The SMILES string of the molecule is Cc1ccccc1-n1nc(C(C)(C)C)cc1NC(=O)C(Cc1ccccc1)NC(=O)c1ccc(C(C)(C)C)cc1. The van der Waals surface area contributed by atoms with Gasteiger partial charge < -0.3 is 10.6 Å². The third-order valence-electron chi connectivity index (χ3n) is 6.99. The van der Waals surface area contributed by atoms with Crippen LogP contribution in [0.4, 0.5) is 5.82 Å². The molecule has 0 bridgehead atoms. The van der Waals surface area contributed by atoms with Crippen molar-refractivity contribution >= 4 is 17.6 Å². The number of nitrogens with zero attached hydrogens (tertiary/aromatic N) is 2. The molecular formula is C34H40N4O2. The van der Waals surface area contributed by atoms with Gasteiger partial charge in [0.1, 0.15) is 11.9 Å². The summed E-state index contributed by atoms with van der Waals surface area (Å²) in [5.41, 5.74) is 5.15. The number of nitrogens with one attached hydrogen (secondary N) is 2. The Bertz CT molecular complexity index is 1470. The quantitative estimate of drug-likeness (QED) is 0.274. The molecule has 4 aromatic rings. The van der Waals surface area contributed by atoms with Gasteiger partial charge in [0.2, 0.25) is 5.91 Å². The van der Waals surface area contributed by atoms with Gasteiger partial charge in [-0.25, -0.2) is 4.68 Å². The van der Waals surface area contributed by atoms with Crippen molar-refractivity contribution in [3.63, 3.8) is 0 Å². The van der Waals surface area contributed by atoms with Gasteiger partial charge in [-0.2, -0.15) is 5.10 Å². The minimum absolute atomic E-state index is 0.0172. The predicted octanol–water partition coefficient (Wildman–Crippen LogP) is 6.76. The summed E-state index contributed by atoms with van der Waals surface area (Å²) in [7, 11) is 0. The van der Waals surface area contributed by atoms with E-state index >= 15 is 0 Å². The van der Waals surface area contributed by atoms with Crippen LogP contribution in [0.1, 0.15) is 74.3 Å². The summed E-state index contributed by atoms with van der Waals surface area (Å²) in [6.07, 6.45) is 0.350. The molecule has 1 aromatic heterocycles. The molecule has 4 rings (SSSR count). The summed E-state index contributed by atoms with van der Waals surface area (Å²) in [5.74, 6) is -0.0379. The van der Waals surface area contributed by atoms with Gasteiger partial charge in [-0.1, -0.05) is 102 Å². The molecule has 0 saturated carbocycles. The van der Waals surface area contributed by atoms with E-state index < -0.39 is 6.04 Å². The molecule has 0 spiro atoms. The fourth-order valence-corrected chi connectivity index (χ4v) is 4.46. The molecule has 1 heterocycles. The number of aromatic nitrogens is 2. The van der Waals surface area contributed by atoms with Crippen molar-refractivity contribution in [2.24, 2.45) is 0 Å². The number of benzene rings is 3.